The molecule has 0 saturated carbocycles. The zero-order valence-electron chi connectivity index (χ0n) is 13.5. The van der Waals surface area contributed by atoms with Gasteiger partial charge in [0.25, 0.3) is 5.91 Å². The molecule has 1 unspecified atom stereocenters. The van der Waals surface area contributed by atoms with E-state index in [0.717, 1.165) is 17.0 Å². The first-order chi connectivity index (χ1) is 11.6. The van der Waals surface area contributed by atoms with E-state index < -0.39 is 0 Å². The second-order valence-corrected chi connectivity index (χ2v) is 7.19. The highest BCUT2D eigenvalue weighted by Gasteiger charge is 2.23. The molecule has 1 atom stereocenters. The molecular weight excluding hydrogens is 324 g/mol. The normalized spacial score (nSPS) is 17.0. The van der Waals surface area contributed by atoms with Crippen molar-refractivity contribution in [2.75, 3.05) is 18.0 Å². The molecule has 2 heterocycles. The van der Waals surface area contributed by atoms with Crippen molar-refractivity contribution in [1.82, 2.24) is 5.32 Å². The Hall–Kier alpha value is -2.21. The molecule has 0 saturated heterocycles. The number of hydrogen-bond donors (Lipinski definition) is 1. The van der Waals surface area contributed by atoms with Crippen molar-refractivity contribution in [3.05, 3.63) is 48.4 Å². The Bertz CT molecular complexity index is 715. The fourth-order valence-corrected chi connectivity index (χ4v) is 3.77. The molecule has 5 nitrogen and oxygen atoms in total. The number of benzene rings is 1. The first-order valence-corrected chi connectivity index (χ1v) is 8.91. The van der Waals surface area contributed by atoms with Crippen molar-refractivity contribution < 1.29 is 14.0 Å². The molecule has 2 amide bonds. The van der Waals surface area contributed by atoms with E-state index in [4.69, 9.17) is 4.42 Å². The molecule has 0 radical (unpaired) electrons. The van der Waals surface area contributed by atoms with Crippen molar-refractivity contribution in [2.24, 2.45) is 0 Å². The van der Waals surface area contributed by atoms with Crippen LogP contribution in [0.5, 0.6) is 0 Å². The first-order valence-electron chi connectivity index (χ1n) is 8.03. The topological polar surface area (TPSA) is 62.6 Å². The number of nitrogens with one attached hydrogen (secondary N) is 1. The van der Waals surface area contributed by atoms with Crippen LogP contribution in [0.15, 0.2) is 52.0 Å². The summed E-state index contributed by atoms with van der Waals surface area (Å²) in [4.78, 5) is 27.4. The molecule has 24 heavy (non-hydrogen) atoms. The third-order valence-corrected chi connectivity index (χ3v) is 5.15. The molecule has 6 heteroatoms. The smallest absolute Gasteiger partial charge is 0.286 e. The van der Waals surface area contributed by atoms with Crippen molar-refractivity contribution in [2.45, 2.75) is 29.9 Å². The summed E-state index contributed by atoms with van der Waals surface area (Å²) in [6, 6.07) is 11.2. The monoisotopic (exact) mass is 344 g/mol. The van der Waals surface area contributed by atoms with Crippen LogP contribution in [0.2, 0.25) is 0 Å². The van der Waals surface area contributed by atoms with E-state index in [1.807, 2.05) is 23.1 Å². The van der Waals surface area contributed by atoms with Crippen LogP contribution in [0.3, 0.4) is 0 Å². The van der Waals surface area contributed by atoms with Crippen molar-refractivity contribution >= 4 is 29.3 Å². The Balaban J connectivity index is 1.61. The van der Waals surface area contributed by atoms with Crippen molar-refractivity contribution in [1.29, 1.82) is 0 Å². The second kappa shape index (κ2) is 7.57. The third-order valence-electron chi connectivity index (χ3n) is 3.91. The molecule has 1 aliphatic rings. The number of thioether (sulfide) groups is 1. The van der Waals surface area contributed by atoms with Crippen LogP contribution >= 0.6 is 11.8 Å². The van der Waals surface area contributed by atoms with Gasteiger partial charge in [0, 0.05) is 29.7 Å². The van der Waals surface area contributed by atoms with Crippen molar-refractivity contribution in [3.8, 4) is 0 Å². The number of para-hydroxylation sites is 1. The molecule has 0 fully saturated rings. The lowest BCUT2D eigenvalue weighted by molar-refractivity contribution is -0.118. The van der Waals surface area contributed by atoms with E-state index in [1.54, 1.807) is 23.9 Å². The number of carbonyl (C=O) groups excluding carboxylic acids is 2. The lowest BCUT2D eigenvalue weighted by Gasteiger charge is -2.22. The van der Waals surface area contributed by atoms with Gasteiger partial charge >= 0.3 is 0 Å². The van der Waals surface area contributed by atoms with Gasteiger partial charge in [0.05, 0.1) is 12.0 Å². The van der Waals surface area contributed by atoms with Crippen LogP contribution in [-0.4, -0.2) is 30.2 Å². The number of carbonyl (C=O) groups is 2. The molecule has 1 aromatic carbocycles. The van der Waals surface area contributed by atoms with Crippen LogP contribution < -0.4 is 10.2 Å². The molecule has 126 valence electrons. The zero-order valence-corrected chi connectivity index (χ0v) is 14.3. The molecule has 0 spiro atoms. The summed E-state index contributed by atoms with van der Waals surface area (Å²) in [6.45, 7) is 3.18. The van der Waals surface area contributed by atoms with Gasteiger partial charge in [-0.3, -0.25) is 9.59 Å². The molecule has 1 aromatic heterocycles. The lowest BCUT2D eigenvalue weighted by atomic mass is 10.2. The van der Waals surface area contributed by atoms with Crippen LogP contribution in [0.4, 0.5) is 5.69 Å². The van der Waals surface area contributed by atoms with Gasteiger partial charge in [-0.2, -0.15) is 0 Å². The minimum atomic E-state index is -0.298. The highest BCUT2D eigenvalue weighted by molar-refractivity contribution is 8.00. The summed E-state index contributed by atoms with van der Waals surface area (Å²) in [5, 5.41) is 3.19. The van der Waals surface area contributed by atoms with E-state index in [2.05, 4.69) is 18.3 Å². The average Bonchev–Trinajstić information content (AvgIpc) is 3.05. The second-order valence-electron chi connectivity index (χ2n) is 5.71. The summed E-state index contributed by atoms with van der Waals surface area (Å²) in [6.07, 6.45) is 2.66. The van der Waals surface area contributed by atoms with Crippen LogP contribution in [0, 0.1) is 0 Å². The molecular formula is C18H20N2O3S. The van der Waals surface area contributed by atoms with Gasteiger partial charge in [-0.15, -0.1) is 11.8 Å². The summed E-state index contributed by atoms with van der Waals surface area (Å²) in [5.74, 6) is -0.0158. The third kappa shape index (κ3) is 3.82. The predicted octanol–water partition coefficient (Wildman–Crippen LogP) is 3.32. The van der Waals surface area contributed by atoms with Crippen LogP contribution in [0.1, 0.15) is 30.3 Å². The Kier molecular flexibility index (Phi) is 5.25. The Morgan fingerprint density at radius 2 is 2.12 bits per heavy atom. The fourth-order valence-electron chi connectivity index (χ4n) is 2.66. The Morgan fingerprint density at radius 1 is 1.29 bits per heavy atom. The number of rotatable bonds is 4. The molecule has 0 aliphatic carbocycles. The Morgan fingerprint density at radius 3 is 2.92 bits per heavy atom. The van der Waals surface area contributed by atoms with E-state index in [-0.39, 0.29) is 24.0 Å². The maximum absolute atomic E-state index is 12.6. The number of amides is 2. The van der Waals surface area contributed by atoms with E-state index in [0.29, 0.717) is 18.3 Å². The average molecular weight is 344 g/mol. The molecule has 2 aromatic rings. The van der Waals surface area contributed by atoms with Gasteiger partial charge in [-0.05, 0) is 30.7 Å². The molecule has 1 aliphatic heterocycles. The minimum absolute atomic E-state index is 0.0249. The van der Waals surface area contributed by atoms with Gasteiger partial charge < -0.3 is 14.6 Å². The van der Waals surface area contributed by atoms with Gasteiger partial charge in [-0.1, -0.05) is 19.1 Å². The van der Waals surface area contributed by atoms with Crippen molar-refractivity contribution in [3.63, 3.8) is 0 Å². The number of anilines is 1. The highest BCUT2D eigenvalue weighted by atomic mass is 32.2. The predicted molar refractivity (Wildman–Crippen MR) is 94.4 cm³/mol. The van der Waals surface area contributed by atoms with E-state index in [1.165, 1.54) is 6.26 Å². The fraction of sp³-hybridized carbons (Fsp3) is 0.333. The van der Waals surface area contributed by atoms with Crippen LogP contribution in [-0.2, 0) is 4.79 Å². The van der Waals surface area contributed by atoms with Gasteiger partial charge in [-0.25, -0.2) is 0 Å². The summed E-state index contributed by atoms with van der Waals surface area (Å²) >= 11 is 1.80. The molecule has 3 rings (SSSR count). The largest absolute Gasteiger partial charge is 0.459 e. The van der Waals surface area contributed by atoms with Gasteiger partial charge in [0.15, 0.2) is 5.76 Å². The zero-order chi connectivity index (χ0) is 16.9. The number of furan rings is 1. The minimum Gasteiger partial charge on any atom is -0.459 e. The van der Waals surface area contributed by atoms with Gasteiger partial charge in [0.1, 0.15) is 0 Å². The maximum Gasteiger partial charge on any atom is 0.286 e. The number of fused-ring (bicyclic) bond motifs is 1. The quantitative estimate of drug-likeness (QED) is 0.924. The SMILES string of the molecule is CC1CCN(C(=O)CCNC(=O)c2ccco2)c2ccccc2S1. The maximum atomic E-state index is 12.6. The summed E-state index contributed by atoms with van der Waals surface area (Å²) in [7, 11) is 0. The van der Waals surface area contributed by atoms with E-state index >= 15 is 0 Å². The standard InChI is InChI=1S/C18H20N2O3S/c1-13-9-11-20(14-5-2-3-7-16(14)24-13)17(21)8-10-19-18(22)15-6-4-12-23-15/h2-7,12-13H,8-11H2,1H3,(H,19,22). The van der Waals surface area contributed by atoms with E-state index in [9.17, 15) is 9.59 Å². The first kappa shape index (κ1) is 16.6. The summed E-state index contributed by atoms with van der Waals surface area (Å²) < 4.78 is 5.03. The van der Waals surface area contributed by atoms with Gasteiger partial charge in [0.2, 0.25) is 5.91 Å². The highest BCUT2D eigenvalue weighted by Crippen LogP contribution is 2.37. The lowest BCUT2D eigenvalue weighted by Crippen LogP contribution is -2.35. The molecule has 1 N–H and O–H groups in total. The summed E-state index contributed by atoms with van der Waals surface area (Å²) in [5.41, 5.74) is 0.967. The number of nitrogens with zero attached hydrogens (tertiary/aromatic N) is 1. The molecule has 0 bridgehead atoms. The number of hydrogen-bond acceptors (Lipinski definition) is 4. The Labute approximate surface area is 145 Å². The van der Waals surface area contributed by atoms with Crippen LogP contribution in [0.25, 0.3) is 0 Å².